The number of amides is 1. The van der Waals surface area contributed by atoms with E-state index >= 15 is 0 Å². The summed E-state index contributed by atoms with van der Waals surface area (Å²) in [5.41, 5.74) is 2.59. The van der Waals surface area contributed by atoms with Crippen LogP contribution in [0.15, 0.2) is 22.8 Å². The molecule has 2 aromatic rings. The van der Waals surface area contributed by atoms with Crippen LogP contribution >= 0.6 is 0 Å². The summed E-state index contributed by atoms with van der Waals surface area (Å²) in [5, 5.41) is 13.1. The molecule has 1 aliphatic heterocycles. The molecule has 1 aliphatic rings. The van der Waals surface area contributed by atoms with E-state index in [9.17, 15) is 9.90 Å². The van der Waals surface area contributed by atoms with Gasteiger partial charge in [-0.25, -0.2) is 0 Å². The van der Waals surface area contributed by atoms with Crippen LogP contribution in [0.3, 0.4) is 0 Å². The highest BCUT2D eigenvalue weighted by Crippen LogP contribution is 2.43. The van der Waals surface area contributed by atoms with Gasteiger partial charge in [0, 0.05) is 12.0 Å². The molecule has 1 unspecified atom stereocenters. The zero-order valence-electron chi connectivity index (χ0n) is 14.5. The lowest BCUT2D eigenvalue weighted by molar-refractivity contribution is -0.137. The van der Waals surface area contributed by atoms with Crippen molar-refractivity contribution < 1.29 is 19.1 Å². The molecule has 0 spiro atoms. The number of hydrogen-bond donors (Lipinski definition) is 2. The topological polar surface area (TPSA) is 71.7 Å². The minimum atomic E-state index is -0.930. The number of phenolic OH excluding ortho intramolecular Hbond substituents is 1. The van der Waals surface area contributed by atoms with Gasteiger partial charge in [-0.05, 0) is 62.9 Å². The summed E-state index contributed by atoms with van der Waals surface area (Å²) in [6.45, 7) is 7.82. The number of carbonyl (C=O) groups is 1. The van der Waals surface area contributed by atoms with Crippen molar-refractivity contribution in [3.05, 3.63) is 46.4 Å². The standard InChI is InChI=1S/C19H23NO4/c1-11-12(2)17-15(13(3)16(11)21)7-8-19(4,24-17)18(22)20-10-14-6-5-9-23-14/h5-6,9,21H,7-8,10H2,1-4H3,(H,20,22). The molecule has 3 rings (SSSR count). The molecule has 1 atom stereocenters. The number of phenols is 1. The molecule has 0 radical (unpaired) electrons. The Labute approximate surface area is 141 Å². The van der Waals surface area contributed by atoms with Gasteiger partial charge in [-0.1, -0.05) is 0 Å². The van der Waals surface area contributed by atoms with Gasteiger partial charge in [-0.15, -0.1) is 0 Å². The van der Waals surface area contributed by atoms with E-state index in [1.165, 1.54) is 0 Å². The van der Waals surface area contributed by atoms with Crippen molar-refractivity contribution in [1.82, 2.24) is 5.32 Å². The van der Waals surface area contributed by atoms with E-state index in [4.69, 9.17) is 9.15 Å². The first-order valence-corrected chi connectivity index (χ1v) is 8.15. The molecule has 5 heteroatoms. The zero-order chi connectivity index (χ0) is 17.5. The third-order valence-electron chi connectivity index (χ3n) is 5.00. The van der Waals surface area contributed by atoms with Crippen LogP contribution in [-0.2, 0) is 17.8 Å². The lowest BCUT2D eigenvalue weighted by atomic mass is 9.86. The normalized spacial score (nSPS) is 19.5. The Morgan fingerprint density at radius 2 is 2.04 bits per heavy atom. The van der Waals surface area contributed by atoms with Gasteiger partial charge in [-0.2, -0.15) is 0 Å². The Kier molecular flexibility index (Phi) is 4.03. The summed E-state index contributed by atoms with van der Waals surface area (Å²) >= 11 is 0. The summed E-state index contributed by atoms with van der Waals surface area (Å²) in [7, 11) is 0. The highest BCUT2D eigenvalue weighted by atomic mass is 16.5. The zero-order valence-corrected chi connectivity index (χ0v) is 14.5. The molecule has 1 amide bonds. The molecule has 0 fully saturated rings. The van der Waals surface area contributed by atoms with Crippen LogP contribution in [0.5, 0.6) is 11.5 Å². The number of benzene rings is 1. The van der Waals surface area contributed by atoms with Gasteiger partial charge in [0.15, 0.2) is 5.60 Å². The molecule has 2 heterocycles. The second-order valence-electron chi connectivity index (χ2n) is 6.63. The van der Waals surface area contributed by atoms with E-state index in [1.54, 1.807) is 12.3 Å². The molecule has 1 aromatic heterocycles. The lowest BCUT2D eigenvalue weighted by Crippen LogP contribution is -2.50. The van der Waals surface area contributed by atoms with Crippen molar-refractivity contribution in [3.63, 3.8) is 0 Å². The molecule has 0 bridgehead atoms. The average molecular weight is 329 g/mol. The first-order valence-electron chi connectivity index (χ1n) is 8.15. The summed E-state index contributed by atoms with van der Waals surface area (Å²) in [4.78, 5) is 12.6. The number of ether oxygens (including phenoxy) is 1. The maximum Gasteiger partial charge on any atom is 0.264 e. The third kappa shape index (κ3) is 2.64. The van der Waals surface area contributed by atoms with Gasteiger partial charge in [0.2, 0.25) is 0 Å². The first kappa shape index (κ1) is 16.4. The van der Waals surface area contributed by atoms with Crippen molar-refractivity contribution in [1.29, 1.82) is 0 Å². The van der Waals surface area contributed by atoms with Gasteiger partial charge >= 0.3 is 0 Å². The molecular weight excluding hydrogens is 306 g/mol. The number of fused-ring (bicyclic) bond motifs is 1. The van der Waals surface area contributed by atoms with Crippen LogP contribution < -0.4 is 10.1 Å². The Hall–Kier alpha value is -2.43. The number of carbonyl (C=O) groups excluding carboxylic acids is 1. The Balaban J connectivity index is 1.84. The summed E-state index contributed by atoms with van der Waals surface area (Å²) < 4.78 is 11.4. The number of nitrogens with one attached hydrogen (secondary N) is 1. The highest BCUT2D eigenvalue weighted by molar-refractivity contribution is 5.85. The quantitative estimate of drug-likeness (QED) is 0.906. The fourth-order valence-electron chi connectivity index (χ4n) is 3.18. The summed E-state index contributed by atoms with van der Waals surface area (Å²) in [5.74, 6) is 1.59. The Morgan fingerprint density at radius 3 is 2.71 bits per heavy atom. The molecular formula is C19H23NO4. The largest absolute Gasteiger partial charge is 0.507 e. The molecule has 128 valence electrons. The van der Waals surface area contributed by atoms with Crippen molar-refractivity contribution >= 4 is 5.91 Å². The molecule has 0 saturated carbocycles. The SMILES string of the molecule is Cc1c(C)c2c(c(C)c1O)CCC(C)(C(=O)NCc1ccco1)O2. The van der Waals surface area contributed by atoms with Crippen LogP contribution in [-0.4, -0.2) is 16.6 Å². The minimum absolute atomic E-state index is 0.160. The molecule has 1 aromatic carbocycles. The summed E-state index contributed by atoms with van der Waals surface area (Å²) in [6.07, 6.45) is 2.84. The van der Waals surface area contributed by atoms with E-state index in [2.05, 4.69) is 5.32 Å². The maximum atomic E-state index is 12.6. The minimum Gasteiger partial charge on any atom is -0.507 e. The van der Waals surface area contributed by atoms with Crippen molar-refractivity contribution in [3.8, 4) is 11.5 Å². The maximum absolute atomic E-state index is 12.6. The van der Waals surface area contributed by atoms with E-state index < -0.39 is 5.60 Å². The average Bonchev–Trinajstić information content (AvgIpc) is 3.09. The lowest BCUT2D eigenvalue weighted by Gasteiger charge is -2.36. The van der Waals surface area contributed by atoms with E-state index in [0.29, 0.717) is 30.9 Å². The Morgan fingerprint density at radius 1 is 1.29 bits per heavy atom. The van der Waals surface area contributed by atoms with Crippen molar-refractivity contribution in [2.24, 2.45) is 0 Å². The van der Waals surface area contributed by atoms with Crippen LogP contribution in [0.1, 0.15) is 41.4 Å². The van der Waals surface area contributed by atoms with Crippen LogP contribution in [0, 0.1) is 20.8 Å². The molecule has 5 nitrogen and oxygen atoms in total. The van der Waals surface area contributed by atoms with Gasteiger partial charge in [0.05, 0.1) is 12.8 Å². The predicted molar refractivity (Wildman–Crippen MR) is 90.2 cm³/mol. The van der Waals surface area contributed by atoms with Crippen LogP contribution in [0.2, 0.25) is 0 Å². The number of furan rings is 1. The molecule has 2 N–H and O–H groups in total. The predicted octanol–water partition coefficient (Wildman–Crippen LogP) is 3.31. The number of aromatic hydroxyl groups is 1. The number of rotatable bonds is 3. The van der Waals surface area contributed by atoms with E-state index in [0.717, 1.165) is 28.0 Å². The second kappa shape index (κ2) is 5.89. The van der Waals surface area contributed by atoms with Gasteiger partial charge in [0.25, 0.3) is 5.91 Å². The van der Waals surface area contributed by atoms with Crippen molar-refractivity contribution in [2.45, 2.75) is 52.7 Å². The highest BCUT2D eigenvalue weighted by Gasteiger charge is 2.40. The fraction of sp³-hybridized carbons (Fsp3) is 0.421. The monoisotopic (exact) mass is 329 g/mol. The number of hydrogen-bond acceptors (Lipinski definition) is 4. The van der Waals surface area contributed by atoms with E-state index in [1.807, 2.05) is 33.8 Å². The molecule has 0 aliphatic carbocycles. The smallest absolute Gasteiger partial charge is 0.264 e. The van der Waals surface area contributed by atoms with Gasteiger partial charge in [0.1, 0.15) is 17.3 Å². The van der Waals surface area contributed by atoms with E-state index in [-0.39, 0.29) is 5.91 Å². The van der Waals surface area contributed by atoms with Gasteiger partial charge in [-0.3, -0.25) is 4.79 Å². The van der Waals surface area contributed by atoms with Crippen LogP contribution in [0.4, 0.5) is 0 Å². The first-order chi connectivity index (χ1) is 11.3. The summed E-state index contributed by atoms with van der Waals surface area (Å²) in [6, 6.07) is 3.61. The fourth-order valence-corrected chi connectivity index (χ4v) is 3.18. The molecule has 0 saturated heterocycles. The third-order valence-corrected chi connectivity index (χ3v) is 5.00. The molecule has 24 heavy (non-hydrogen) atoms. The van der Waals surface area contributed by atoms with Gasteiger partial charge < -0.3 is 19.6 Å². The Bertz CT molecular complexity index is 779. The second-order valence-corrected chi connectivity index (χ2v) is 6.63. The van der Waals surface area contributed by atoms with Crippen molar-refractivity contribution in [2.75, 3.05) is 0 Å². The van der Waals surface area contributed by atoms with Crippen LogP contribution in [0.25, 0.3) is 0 Å².